The fraction of sp³-hybridized carbons (Fsp3) is 0.500. The summed E-state index contributed by atoms with van der Waals surface area (Å²) in [5, 5.41) is 1.87. The summed E-state index contributed by atoms with van der Waals surface area (Å²) in [5.41, 5.74) is 0.339. The fourth-order valence-corrected chi connectivity index (χ4v) is 3.06. The number of thiazole rings is 1. The van der Waals surface area contributed by atoms with Crippen molar-refractivity contribution in [1.29, 1.82) is 0 Å². The van der Waals surface area contributed by atoms with E-state index in [4.69, 9.17) is 0 Å². The normalized spacial score (nSPS) is 17.6. The molecule has 0 radical (unpaired) electrons. The molecule has 0 aliphatic carbocycles. The molecule has 5 nitrogen and oxygen atoms in total. The van der Waals surface area contributed by atoms with E-state index in [9.17, 15) is 18.0 Å². The van der Waals surface area contributed by atoms with Crippen molar-refractivity contribution in [1.82, 2.24) is 19.2 Å². The van der Waals surface area contributed by atoms with Gasteiger partial charge >= 0.3 is 6.18 Å². The SMILES string of the molecule is O=C(c1cn2ccsc2n1)N1CCN(CC(F)(F)F)CC1. The number of fused-ring (bicyclic) bond motifs is 1. The van der Waals surface area contributed by atoms with E-state index in [1.165, 1.54) is 16.2 Å². The lowest BCUT2D eigenvalue weighted by atomic mass is 10.3. The summed E-state index contributed by atoms with van der Waals surface area (Å²) in [4.78, 5) is 20.1. The molecule has 0 unspecified atom stereocenters. The lowest BCUT2D eigenvalue weighted by Gasteiger charge is -2.34. The molecule has 3 heterocycles. The Morgan fingerprint density at radius 2 is 2.00 bits per heavy atom. The smallest absolute Gasteiger partial charge is 0.335 e. The molecule has 9 heteroatoms. The first-order chi connectivity index (χ1) is 9.92. The van der Waals surface area contributed by atoms with Crippen molar-refractivity contribution in [3.05, 3.63) is 23.5 Å². The molecular weight excluding hydrogens is 305 g/mol. The van der Waals surface area contributed by atoms with Gasteiger partial charge in [0.15, 0.2) is 4.96 Å². The zero-order valence-corrected chi connectivity index (χ0v) is 11.8. The van der Waals surface area contributed by atoms with E-state index >= 15 is 0 Å². The van der Waals surface area contributed by atoms with Crippen LogP contribution < -0.4 is 0 Å². The second-order valence-electron chi connectivity index (χ2n) is 4.90. The molecule has 1 fully saturated rings. The zero-order chi connectivity index (χ0) is 15.0. The van der Waals surface area contributed by atoms with Crippen molar-refractivity contribution >= 4 is 22.2 Å². The van der Waals surface area contributed by atoms with Gasteiger partial charge in [0.2, 0.25) is 0 Å². The minimum Gasteiger partial charge on any atom is -0.335 e. The van der Waals surface area contributed by atoms with E-state index < -0.39 is 12.7 Å². The van der Waals surface area contributed by atoms with Gasteiger partial charge in [-0.2, -0.15) is 13.2 Å². The monoisotopic (exact) mass is 318 g/mol. The number of imidazole rings is 1. The van der Waals surface area contributed by atoms with E-state index in [-0.39, 0.29) is 19.0 Å². The van der Waals surface area contributed by atoms with Crippen LogP contribution in [0.1, 0.15) is 10.5 Å². The van der Waals surface area contributed by atoms with Crippen molar-refractivity contribution in [2.45, 2.75) is 6.18 Å². The van der Waals surface area contributed by atoms with Crippen LogP contribution in [0.4, 0.5) is 13.2 Å². The molecular formula is C12H13F3N4OS. The minimum absolute atomic E-state index is 0.224. The average Bonchev–Trinajstić information content (AvgIpc) is 2.97. The van der Waals surface area contributed by atoms with Crippen LogP contribution in [0.25, 0.3) is 4.96 Å². The zero-order valence-electron chi connectivity index (χ0n) is 11.0. The Bertz CT molecular complexity index is 614. The molecule has 0 N–H and O–H groups in total. The standard InChI is InChI=1S/C12H13F3N4OS/c13-12(14,15)8-17-1-3-18(4-2-17)10(20)9-7-19-5-6-21-11(19)16-9/h5-7H,1-4,8H2. The predicted molar refractivity (Wildman–Crippen MR) is 71.5 cm³/mol. The number of hydrogen-bond acceptors (Lipinski definition) is 4. The van der Waals surface area contributed by atoms with Crippen LogP contribution in [-0.2, 0) is 0 Å². The molecule has 2 aromatic rings. The maximum atomic E-state index is 12.3. The Kier molecular flexibility index (Phi) is 3.62. The van der Waals surface area contributed by atoms with Crippen molar-refractivity contribution in [2.24, 2.45) is 0 Å². The van der Waals surface area contributed by atoms with Gasteiger partial charge in [0, 0.05) is 44.0 Å². The van der Waals surface area contributed by atoms with Crippen LogP contribution in [0.3, 0.4) is 0 Å². The van der Waals surface area contributed by atoms with Crippen LogP contribution in [0.15, 0.2) is 17.8 Å². The number of carbonyl (C=O) groups is 1. The summed E-state index contributed by atoms with van der Waals surface area (Å²) in [5.74, 6) is -0.224. The van der Waals surface area contributed by atoms with Gasteiger partial charge in [-0.1, -0.05) is 0 Å². The van der Waals surface area contributed by atoms with Crippen molar-refractivity contribution in [3.63, 3.8) is 0 Å². The summed E-state index contributed by atoms with van der Waals surface area (Å²) in [6, 6.07) is 0. The summed E-state index contributed by atoms with van der Waals surface area (Å²) >= 11 is 1.43. The Morgan fingerprint density at radius 1 is 1.29 bits per heavy atom. The van der Waals surface area contributed by atoms with E-state index in [0.717, 1.165) is 4.96 Å². The molecule has 1 saturated heterocycles. The van der Waals surface area contributed by atoms with Gasteiger partial charge in [-0.15, -0.1) is 11.3 Å². The largest absolute Gasteiger partial charge is 0.401 e. The van der Waals surface area contributed by atoms with Crippen molar-refractivity contribution < 1.29 is 18.0 Å². The van der Waals surface area contributed by atoms with Gasteiger partial charge < -0.3 is 4.90 Å². The Morgan fingerprint density at radius 3 is 2.62 bits per heavy atom. The third kappa shape index (κ3) is 3.18. The maximum Gasteiger partial charge on any atom is 0.401 e. The van der Waals surface area contributed by atoms with E-state index in [2.05, 4.69) is 4.98 Å². The molecule has 2 aromatic heterocycles. The highest BCUT2D eigenvalue weighted by atomic mass is 32.1. The Hall–Kier alpha value is -1.61. The number of alkyl halides is 3. The average molecular weight is 318 g/mol. The highest BCUT2D eigenvalue weighted by molar-refractivity contribution is 7.15. The minimum atomic E-state index is -4.19. The highest BCUT2D eigenvalue weighted by Gasteiger charge is 2.33. The van der Waals surface area contributed by atoms with Gasteiger partial charge in [0.1, 0.15) is 5.69 Å². The topological polar surface area (TPSA) is 40.9 Å². The maximum absolute atomic E-state index is 12.3. The van der Waals surface area contributed by atoms with E-state index in [1.54, 1.807) is 15.5 Å². The number of hydrogen-bond donors (Lipinski definition) is 0. The molecule has 0 aromatic carbocycles. The number of aromatic nitrogens is 2. The quantitative estimate of drug-likeness (QED) is 0.846. The number of carbonyl (C=O) groups excluding carboxylic acids is 1. The second kappa shape index (κ2) is 5.30. The van der Waals surface area contributed by atoms with Crippen LogP contribution in [0.2, 0.25) is 0 Å². The second-order valence-corrected chi connectivity index (χ2v) is 5.78. The van der Waals surface area contributed by atoms with Gasteiger partial charge in [0.05, 0.1) is 6.54 Å². The highest BCUT2D eigenvalue weighted by Crippen LogP contribution is 2.18. The predicted octanol–water partition coefficient (Wildman–Crippen LogP) is 1.72. The van der Waals surface area contributed by atoms with Gasteiger partial charge in [-0.25, -0.2) is 4.98 Å². The molecule has 0 bridgehead atoms. The van der Waals surface area contributed by atoms with Crippen LogP contribution >= 0.6 is 11.3 Å². The Labute approximate surface area is 122 Å². The summed E-state index contributed by atoms with van der Waals surface area (Å²) in [6.45, 7) is 0.121. The molecule has 1 aliphatic heterocycles. The number of rotatable bonds is 2. The van der Waals surface area contributed by atoms with E-state index in [1.807, 2.05) is 11.6 Å². The molecule has 1 aliphatic rings. The third-order valence-corrected chi connectivity index (χ3v) is 4.15. The molecule has 3 rings (SSSR count). The first-order valence-electron chi connectivity index (χ1n) is 6.43. The van der Waals surface area contributed by atoms with Gasteiger partial charge in [0.25, 0.3) is 5.91 Å². The lowest BCUT2D eigenvalue weighted by molar-refractivity contribution is -0.148. The number of piperazine rings is 1. The summed E-state index contributed by atoms with van der Waals surface area (Å²) in [6.07, 6.45) is -0.734. The van der Waals surface area contributed by atoms with Crippen molar-refractivity contribution in [2.75, 3.05) is 32.7 Å². The first kappa shape index (κ1) is 14.3. The molecule has 0 spiro atoms. The van der Waals surface area contributed by atoms with Gasteiger partial charge in [-0.05, 0) is 0 Å². The van der Waals surface area contributed by atoms with Crippen molar-refractivity contribution in [3.8, 4) is 0 Å². The van der Waals surface area contributed by atoms with Crippen LogP contribution in [0, 0.1) is 0 Å². The van der Waals surface area contributed by atoms with E-state index in [0.29, 0.717) is 18.8 Å². The molecule has 114 valence electrons. The fourth-order valence-electron chi connectivity index (χ4n) is 2.36. The number of nitrogens with zero attached hydrogens (tertiary/aromatic N) is 4. The molecule has 0 saturated carbocycles. The molecule has 21 heavy (non-hydrogen) atoms. The number of amides is 1. The third-order valence-electron chi connectivity index (χ3n) is 3.37. The molecule has 1 amide bonds. The molecule has 0 atom stereocenters. The summed E-state index contributed by atoms with van der Waals surface area (Å²) < 4.78 is 38.7. The van der Waals surface area contributed by atoms with Crippen LogP contribution in [-0.4, -0.2) is 64.0 Å². The number of halogens is 3. The lowest BCUT2D eigenvalue weighted by Crippen LogP contribution is -2.51. The first-order valence-corrected chi connectivity index (χ1v) is 7.31. The Balaban J connectivity index is 1.61. The van der Waals surface area contributed by atoms with Gasteiger partial charge in [-0.3, -0.25) is 14.1 Å². The van der Waals surface area contributed by atoms with Crippen LogP contribution in [0.5, 0.6) is 0 Å². The summed E-state index contributed by atoms with van der Waals surface area (Å²) in [7, 11) is 0.